The van der Waals surface area contributed by atoms with E-state index in [9.17, 15) is 14.0 Å². The molecular weight excluding hydrogens is 269 g/mol. The molecule has 0 aliphatic heterocycles. The molecule has 100 valence electrons. The molecule has 0 aliphatic rings. The molecule has 1 aromatic heterocycles. The summed E-state index contributed by atoms with van der Waals surface area (Å²) in [5.74, 6) is -1.88. The lowest BCUT2D eigenvalue weighted by atomic mass is 10.2. The molecule has 1 amide bonds. The topological polar surface area (TPSA) is 66.4 Å². The molecule has 0 unspecified atom stereocenters. The average Bonchev–Trinajstić information content (AvgIpc) is 2.78. The van der Waals surface area contributed by atoms with Gasteiger partial charge in [-0.05, 0) is 30.0 Å². The van der Waals surface area contributed by atoms with Gasteiger partial charge in [0.05, 0.1) is 4.88 Å². The minimum atomic E-state index is -1.07. The number of aliphatic carboxylic acids is 1. The molecule has 19 heavy (non-hydrogen) atoms. The van der Waals surface area contributed by atoms with Crippen molar-refractivity contribution in [3.63, 3.8) is 0 Å². The van der Waals surface area contributed by atoms with E-state index in [1.807, 2.05) is 0 Å². The summed E-state index contributed by atoms with van der Waals surface area (Å²) in [6.07, 6.45) is 0.306. The number of rotatable bonds is 4. The van der Waals surface area contributed by atoms with Crippen LogP contribution in [0.2, 0.25) is 0 Å². The van der Waals surface area contributed by atoms with E-state index in [1.165, 1.54) is 12.1 Å². The number of amides is 1. The summed E-state index contributed by atoms with van der Waals surface area (Å²) in [4.78, 5) is 23.1. The van der Waals surface area contributed by atoms with E-state index < -0.39 is 17.9 Å². The predicted molar refractivity (Wildman–Crippen MR) is 71.0 cm³/mol. The Bertz CT molecular complexity index is 638. The quantitative estimate of drug-likeness (QED) is 0.905. The third-order valence-electron chi connectivity index (χ3n) is 2.72. The lowest BCUT2D eigenvalue weighted by Crippen LogP contribution is -2.39. The van der Waals surface area contributed by atoms with E-state index in [2.05, 4.69) is 5.32 Å². The minimum absolute atomic E-state index is 0.306. The molecular formula is C13H12FNO3S. The van der Waals surface area contributed by atoms with Crippen LogP contribution in [0.15, 0.2) is 24.3 Å². The van der Waals surface area contributed by atoms with Crippen LogP contribution >= 0.6 is 11.3 Å². The van der Waals surface area contributed by atoms with E-state index in [1.54, 1.807) is 19.1 Å². The van der Waals surface area contributed by atoms with Crippen molar-refractivity contribution in [2.75, 3.05) is 0 Å². The van der Waals surface area contributed by atoms with Gasteiger partial charge in [0.2, 0.25) is 0 Å². The molecule has 1 aromatic carbocycles. The van der Waals surface area contributed by atoms with Crippen LogP contribution in [0.1, 0.15) is 23.0 Å². The number of hydrogen-bond acceptors (Lipinski definition) is 3. The summed E-state index contributed by atoms with van der Waals surface area (Å²) in [6.45, 7) is 1.68. The van der Waals surface area contributed by atoms with Gasteiger partial charge in [0.25, 0.3) is 5.91 Å². The molecule has 0 saturated heterocycles. The number of nitrogens with one attached hydrogen (secondary N) is 1. The fraction of sp³-hybridized carbons (Fsp3) is 0.231. The fourth-order valence-corrected chi connectivity index (χ4v) is 2.68. The first kappa shape index (κ1) is 13.5. The molecule has 0 bridgehead atoms. The third-order valence-corrected chi connectivity index (χ3v) is 3.81. The molecule has 1 atom stereocenters. The first-order valence-electron chi connectivity index (χ1n) is 5.74. The van der Waals surface area contributed by atoms with E-state index in [4.69, 9.17) is 5.11 Å². The summed E-state index contributed by atoms with van der Waals surface area (Å²) in [7, 11) is 0. The molecule has 2 N–H and O–H groups in total. The van der Waals surface area contributed by atoms with E-state index in [0.29, 0.717) is 16.0 Å². The number of carboxylic acids is 1. The van der Waals surface area contributed by atoms with E-state index >= 15 is 0 Å². The maximum atomic E-state index is 13.0. The van der Waals surface area contributed by atoms with Crippen molar-refractivity contribution in [1.29, 1.82) is 0 Å². The second-order valence-electron chi connectivity index (χ2n) is 4.07. The number of carboxylic acid groups (broad SMARTS) is 1. The van der Waals surface area contributed by atoms with Crippen LogP contribution in [0.3, 0.4) is 0 Å². The Kier molecular flexibility index (Phi) is 3.80. The summed E-state index contributed by atoms with van der Waals surface area (Å²) in [5.41, 5.74) is 0. The maximum Gasteiger partial charge on any atom is 0.326 e. The van der Waals surface area contributed by atoms with Gasteiger partial charge in [-0.25, -0.2) is 9.18 Å². The Morgan fingerprint density at radius 2 is 2.16 bits per heavy atom. The maximum absolute atomic E-state index is 13.0. The highest BCUT2D eigenvalue weighted by molar-refractivity contribution is 7.20. The SMILES string of the molecule is CC[C@@H](NC(=O)c1cc2ccc(F)cc2s1)C(=O)O. The zero-order valence-corrected chi connectivity index (χ0v) is 11.0. The first-order chi connectivity index (χ1) is 9.01. The second kappa shape index (κ2) is 5.36. The summed E-state index contributed by atoms with van der Waals surface area (Å²) in [5, 5.41) is 12.1. The summed E-state index contributed by atoms with van der Waals surface area (Å²) < 4.78 is 13.7. The van der Waals surface area contributed by atoms with Crippen LogP contribution < -0.4 is 5.32 Å². The van der Waals surface area contributed by atoms with E-state index in [-0.39, 0.29) is 5.82 Å². The van der Waals surface area contributed by atoms with Gasteiger partial charge in [0.1, 0.15) is 11.9 Å². The van der Waals surface area contributed by atoms with Crippen molar-refractivity contribution in [3.8, 4) is 0 Å². The predicted octanol–water partition coefficient (Wildman–Crippen LogP) is 2.63. The van der Waals surface area contributed by atoms with Gasteiger partial charge in [-0.2, -0.15) is 0 Å². The van der Waals surface area contributed by atoms with Gasteiger partial charge >= 0.3 is 5.97 Å². The molecule has 0 fully saturated rings. The molecule has 1 heterocycles. The molecule has 0 saturated carbocycles. The smallest absolute Gasteiger partial charge is 0.326 e. The molecule has 0 aliphatic carbocycles. The van der Waals surface area contributed by atoms with Crippen molar-refractivity contribution in [1.82, 2.24) is 5.32 Å². The van der Waals surface area contributed by atoms with Crippen molar-refractivity contribution >= 4 is 33.3 Å². The van der Waals surface area contributed by atoms with Crippen LogP contribution in [0.4, 0.5) is 4.39 Å². The number of carbonyl (C=O) groups is 2. The van der Waals surface area contributed by atoms with Gasteiger partial charge < -0.3 is 10.4 Å². The Morgan fingerprint density at radius 1 is 1.42 bits per heavy atom. The van der Waals surface area contributed by atoms with Crippen LogP contribution in [-0.4, -0.2) is 23.0 Å². The van der Waals surface area contributed by atoms with Crippen LogP contribution in [0, 0.1) is 5.82 Å². The van der Waals surface area contributed by atoms with Gasteiger partial charge in [0.15, 0.2) is 0 Å². The Morgan fingerprint density at radius 3 is 2.79 bits per heavy atom. The highest BCUT2D eigenvalue weighted by Gasteiger charge is 2.19. The van der Waals surface area contributed by atoms with Gasteiger partial charge in [-0.1, -0.05) is 13.0 Å². The second-order valence-corrected chi connectivity index (χ2v) is 5.15. The number of halogens is 1. The van der Waals surface area contributed by atoms with Gasteiger partial charge in [-0.15, -0.1) is 11.3 Å². The molecule has 2 rings (SSSR count). The Labute approximate surface area is 112 Å². The fourth-order valence-electron chi connectivity index (χ4n) is 1.68. The average molecular weight is 281 g/mol. The highest BCUT2D eigenvalue weighted by atomic mass is 32.1. The summed E-state index contributed by atoms with van der Waals surface area (Å²) in [6, 6.07) is 4.98. The molecule has 2 aromatic rings. The summed E-state index contributed by atoms with van der Waals surface area (Å²) >= 11 is 1.14. The van der Waals surface area contributed by atoms with Crippen molar-refractivity contribution in [3.05, 3.63) is 35.0 Å². The molecule has 0 spiro atoms. The van der Waals surface area contributed by atoms with Crippen LogP contribution in [-0.2, 0) is 4.79 Å². The number of benzene rings is 1. The lowest BCUT2D eigenvalue weighted by Gasteiger charge is -2.10. The zero-order valence-electron chi connectivity index (χ0n) is 10.1. The monoisotopic (exact) mass is 281 g/mol. The Hall–Kier alpha value is -1.95. The number of fused-ring (bicyclic) bond motifs is 1. The first-order valence-corrected chi connectivity index (χ1v) is 6.55. The van der Waals surface area contributed by atoms with Crippen molar-refractivity contribution in [2.45, 2.75) is 19.4 Å². The number of thiophene rings is 1. The molecule has 6 heteroatoms. The normalized spacial score (nSPS) is 12.3. The van der Waals surface area contributed by atoms with E-state index in [0.717, 1.165) is 16.7 Å². The van der Waals surface area contributed by atoms with Gasteiger partial charge in [0, 0.05) is 4.70 Å². The largest absolute Gasteiger partial charge is 0.480 e. The van der Waals surface area contributed by atoms with Crippen molar-refractivity contribution < 1.29 is 19.1 Å². The third kappa shape index (κ3) is 2.90. The number of carbonyl (C=O) groups excluding carboxylic acids is 1. The number of hydrogen-bond donors (Lipinski definition) is 2. The lowest BCUT2D eigenvalue weighted by molar-refractivity contribution is -0.139. The standard InChI is InChI=1S/C13H12FNO3S/c1-2-9(13(17)18)15-12(16)11-5-7-3-4-8(14)6-10(7)19-11/h3-6,9H,2H2,1H3,(H,15,16)(H,17,18)/t9-/m1/s1. The van der Waals surface area contributed by atoms with Crippen molar-refractivity contribution in [2.24, 2.45) is 0 Å². The molecule has 4 nitrogen and oxygen atoms in total. The minimum Gasteiger partial charge on any atom is -0.480 e. The molecule has 0 radical (unpaired) electrons. The zero-order chi connectivity index (χ0) is 14.0. The Balaban J connectivity index is 2.24. The van der Waals surface area contributed by atoms with Crippen LogP contribution in [0.5, 0.6) is 0 Å². The van der Waals surface area contributed by atoms with Crippen LogP contribution in [0.25, 0.3) is 10.1 Å². The van der Waals surface area contributed by atoms with Gasteiger partial charge in [-0.3, -0.25) is 4.79 Å². The highest BCUT2D eigenvalue weighted by Crippen LogP contribution is 2.26.